The molecule has 0 spiro atoms. The molecule has 0 bridgehead atoms. The van der Waals surface area contributed by atoms with Crippen LogP contribution in [-0.2, 0) is 4.74 Å². The molecule has 3 unspecified atom stereocenters. The summed E-state index contributed by atoms with van der Waals surface area (Å²) >= 11 is 1.80. The topological polar surface area (TPSA) is 35.2 Å². The van der Waals surface area contributed by atoms with Gasteiger partial charge in [0.05, 0.1) is 0 Å². The van der Waals surface area contributed by atoms with E-state index in [-0.39, 0.29) is 11.7 Å². The fourth-order valence-corrected chi connectivity index (χ4v) is 2.16. The van der Waals surface area contributed by atoms with Crippen LogP contribution < -0.4 is 5.73 Å². The molecule has 0 aromatic carbocycles. The smallest absolute Gasteiger partial charge is 0.130 e. The maximum atomic E-state index is 5.70. The van der Waals surface area contributed by atoms with Gasteiger partial charge in [0.25, 0.3) is 0 Å². The fraction of sp³-hybridized carbons (Fsp3) is 0.750. The van der Waals surface area contributed by atoms with Crippen molar-refractivity contribution in [1.29, 1.82) is 0 Å². The molecule has 0 aromatic rings. The lowest BCUT2D eigenvalue weighted by Gasteiger charge is -2.32. The molecule has 1 fully saturated rings. The number of thioether (sulfide) groups is 1. The molecular weight excluding hydrogens is 158 g/mol. The average Bonchev–Trinajstić information content (AvgIpc) is 1.99. The van der Waals surface area contributed by atoms with Gasteiger partial charge in [0, 0.05) is 5.25 Å². The summed E-state index contributed by atoms with van der Waals surface area (Å²) in [6.07, 6.45) is 0.756. The van der Waals surface area contributed by atoms with Crippen molar-refractivity contribution in [2.45, 2.75) is 37.2 Å². The molecular formula is C8H15NOS. The summed E-state index contributed by atoms with van der Waals surface area (Å²) in [4.78, 5) is 0. The Labute approximate surface area is 72.2 Å². The summed E-state index contributed by atoms with van der Waals surface area (Å²) in [5.41, 5.74) is 6.95. The Bertz CT molecular complexity index is 146. The first-order chi connectivity index (χ1) is 5.15. The molecule has 0 saturated carbocycles. The monoisotopic (exact) mass is 173 g/mol. The Kier molecular flexibility index (Phi) is 2.98. The summed E-state index contributed by atoms with van der Waals surface area (Å²) < 4.78 is 5.46. The summed E-state index contributed by atoms with van der Waals surface area (Å²) in [6, 6.07) is 0. The van der Waals surface area contributed by atoms with Crippen LogP contribution in [0.1, 0.15) is 20.3 Å². The van der Waals surface area contributed by atoms with E-state index in [4.69, 9.17) is 10.5 Å². The highest BCUT2D eigenvalue weighted by molar-refractivity contribution is 8.00. The zero-order valence-corrected chi connectivity index (χ0v) is 7.86. The Morgan fingerprint density at radius 1 is 1.73 bits per heavy atom. The highest BCUT2D eigenvalue weighted by Crippen LogP contribution is 2.33. The molecule has 1 heterocycles. The minimum Gasteiger partial charge on any atom is -0.346 e. The predicted molar refractivity (Wildman–Crippen MR) is 49.3 cm³/mol. The van der Waals surface area contributed by atoms with Crippen molar-refractivity contribution in [2.75, 3.05) is 0 Å². The van der Waals surface area contributed by atoms with Crippen LogP contribution in [0.5, 0.6) is 0 Å². The zero-order valence-electron chi connectivity index (χ0n) is 7.04. The zero-order chi connectivity index (χ0) is 8.43. The molecule has 0 aromatic heterocycles. The van der Waals surface area contributed by atoms with E-state index < -0.39 is 0 Å². The predicted octanol–water partition coefficient (Wildman–Crippen LogP) is 1.72. The van der Waals surface area contributed by atoms with Gasteiger partial charge >= 0.3 is 0 Å². The maximum absolute atomic E-state index is 5.70. The number of rotatable bonds is 1. The van der Waals surface area contributed by atoms with Crippen LogP contribution in [0, 0.1) is 0 Å². The first-order valence-electron chi connectivity index (χ1n) is 3.90. The van der Waals surface area contributed by atoms with Crippen LogP contribution in [0.15, 0.2) is 12.2 Å². The molecule has 1 aliphatic rings. The highest BCUT2D eigenvalue weighted by atomic mass is 32.2. The van der Waals surface area contributed by atoms with E-state index in [1.54, 1.807) is 11.8 Å². The quantitative estimate of drug-likeness (QED) is 0.613. The number of ether oxygens (including phenoxy) is 1. The fourth-order valence-electron chi connectivity index (χ4n) is 1.02. The Hall–Kier alpha value is 0.0100. The van der Waals surface area contributed by atoms with Crippen LogP contribution in [-0.4, -0.2) is 16.9 Å². The van der Waals surface area contributed by atoms with Gasteiger partial charge in [-0.15, -0.1) is 11.8 Å². The molecule has 0 aliphatic carbocycles. The van der Waals surface area contributed by atoms with Gasteiger partial charge in [-0.25, -0.2) is 0 Å². The lowest BCUT2D eigenvalue weighted by molar-refractivity contribution is 0.0528. The Morgan fingerprint density at radius 3 is 2.82 bits per heavy atom. The first kappa shape index (κ1) is 9.10. The third kappa shape index (κ3) is 1.98. The average molecular weight is 173 g/mol. The number of nitrogens with two attached hydrogens (primary N) is 1. The second kappa shape index (κ2) is 3.61. The van der Waals surface area contributed by atoms with Crippen LogP contribution >= 0.6 is 11.8 Å². The molecule has 2 nitrogen and oxygen atoms in total. The van der Waals surface area contributed by atoms with E-state index >= 15 is 0 Å². The Balaban J connectivity index is 2.54. The Morgan fingerprint density at radius 2 is 2.36 bits per heavy atom. The lowest BCUT2D eigenvalue weighted by atomic mass is 10.2. The second-order valence-corrected chi connectivity index (χ2v) is 4.25. The van der Waals surface area contributed by atoms with Crippen molar-refractivity contribution in [3.63, 3.8) is 0 Å². The standard InChI is InChI=1S/C8H15NOS/c1-4-7-10-8(9)5(2)6(3)11-7/h6-8H,2,4,9H2,1,3H3. The molecule has 1 rings (SSSR count). The highest BCUT2D eigenvalue weighted by Gasteiger charge is 2.27. The minimum absolute atomic E-state index is 0.254. The van der Waals surface area contributed by atoms with Gasteiger partial charge < -0.3 is 10.5 Å². The molecule has 64 valence electrons. The molecule has 2 N–H and O–H groups in total. The van der Waals surface area contributed by atoms with Gasteiger partial charge in [0.15, 0.2) is 0 Å². The SMILES string of the molecule is C=C1C(N)OC(CC)SC1C. The van der Waals surface area contributed by atoms with Crippen molar-refractivity contribution >= 4 is 11.8 Å². The van der Waals surface area contributed by atoms with E-state index in [1.165, 1.54) is 0 Å². The lowest BCUT2D eigenvalue weighted by Crippen LogP contribution is -2.38. The van der Waals surface area contributed by atoms with Crippen molar-refractivity contribution in [2.24, 2.45) is 5.73 Å². The van der Waals surface area contributed by atoms with Crippen molar-refractivity contribution in [1.82, 2.24) is 0 Å². The molecule has 0 radical (unpaired) electrons. The van der Waals surface area contributed by atoms with Gasteiger partial charge in [-0.3, -0.25) is 0 Å². The van der Waals surface area contributed by atoms with Gasteiger partial charge in [0.1, 0.15) is 11.7 Å². The van der Waals surface area contributed by atoms with Gasteiger partial charge in [-0.05, 0) is 18.9 Å². The molecule has 11 heavy (non-hydrogen) atoms. The largest absolute Gasteiger partial charge is 0.346 e. The van der Waals surface area contributed by atoms with Crippen molar-refractivity contribution in [3.8, 4) is 0 Å². The normalized spacial score (nSPS) is 39.2. The number of hydrogen-bond donors (Lipinski definition) is 1. The van der Waals surface area contributed by atoms with Crippen molar-refractivity contribution in [3.05, 3.63) is 12.2 Å². The van der Waals surface area contributed by atoms with Crippen LogP contribution in [0.25, 0.3) is 0 Å². The first-order valence-corrected chi connectivity index (χ1v) is 4.84. The van der Waals surface area contributed by atoms with Gasteiger partial charge in [-0.1, -0.05) is 13.5 Å². The van der Waals surface area contributed by atoms with E-state index in [2.05, 4.69) is 20.4 Å². The summed E-state index contributed by atoms with van der Waals surface area (Å²) in [5.74, 6) is 0. The summed E-state index contributed by atoms with van der Waals surface area (Å²) in [7, 11) is 0. The van der Waals surface area contributed by atoms with E-state index in [9.17, 15) is 0 Å². The van der Waals surface area contributed by atoms with Gasteiger partial charge in [0.2, 0.25) is 0 Å². The summed E-state index contributed by atoms with van der Waals surface area (Å²) in [6.45, 7) is 8.10. The minimum atomic E-state index is -0.254. The third-order valence-corrected chi connectivity index (χ3v) is 3.33. The molecule has 3 heteroatoms. The van der Waals surface area contributed by atoms with E-state index in [0.29, 0.717) is 5.25 Å². The molecule has 1 saturated heterocycles. The second-order valence-electron chi connectivity index (χ2n) is 2.75. The van der Waals surface area contributed by atoms with E-state index in [0.717, 1.165) is 12.0 Å². The van der Waals surface area contributed by atoms with Crippen molar-refractivity contribution < 1.29 is 4.74 Å². The summed E-state index contributed by atoms with van der Waals surface area (Å²) in [5, 5.41) is 0.434. The van der Waals surface area contributed by atoms with E-state index in [1.807, 2.05) is 0 Å². The maximum Gasteiger partial charge on any atom is 0.130 e. The van der Waals surface area contributed by atoms with Crippen LogP contribution in [0.2, 0.25) is 0 Å². The molecule has 1 aliphatic heterocycles. The molecule has 0 amide bonds. The third-order valence-electron chi connectivity index (χ3n) is 1.88. The van der Waals surface area contributed by atoms with Crippen LogP contribution in [0.4, 0.5) is 0 Å². The van der Waals surface area contributed by atoms with Crippen LogP contribution in [0.3, 0.4) is 0 Å². The van der Waals surface area contributed by atoms with Gasteiger partial charge in [-0.2, -0.15) is 0 Å². The molecule has 3 atom stereocenters. The number of hydrogen-bond acceptors (Lipinski definition) is 3.